The van der Waals surface area contributed by atoms with Crippen molar-refractivity contribution in [3.63, 3.8) is 0 Å². The fraction of sp³-hybridized carbons (Fsp3) is 0.357. The summed E-state index contributed by atoms with van der Waals surface area (Å²) in [6.45, 7) is 1.93. The van der Waals surface area contributed by atoms with E-state index in [0.29, 0.717) is 24.7 Å². The van der Waals surface area contributed by atoms with Crippen LogP contribution in [0.4, 0.5) is 0 Å². The SMILES string of the molecule is CC(C(=O)O)N(C)Cc1nc(Cc2ccccc2)no1.Cl. The van der Waals surface area contributed by atoms with Gasteiger partial charge in [-0.1, -0.05) is 35.5 Å². The van der Waals surface area contributed by atoms with Crippen molar-refractivity contribution in [2.24, 2.45) is 0 Å². The summed E-state index contributed by atoms with van der Waals surface area (Å²) in [7, 11) is 1.71. The molecule has 1 heterocycles. The summed E-state index contributed by atoms with van der Waals surface area (Å²) >= 11 is 0. The topological polar surface area (TPSA) is 79.5 Å². The summed E-state index contributed by atoms with van der Waals surface area (Å²) in [5, 5.41) is 12.8. The first kappa shape index (κ1) is 17.1. The Labute approximate surface area is 129 Å². The summed E-state index contributed by atoms with van der Waals surface area (Å²) in [4.78, 5) is 16.8. The first-order chi connectivity index (χ1) is 9.56. The Morgan fingerprint density at radius 1 is 1.38 bits per heavy atom. The number of carboxylic acid groups (broad SMARTS) is 1. The van der Waals surface area contributed by atoms with E-state index < -0.39 is 12.0 Å². The Kier molecular flexibility index (Phi) is 6.33. The largest absolute Gasteiger partial charge is 0.480 e. The molecule has 0 radical (unpaired) electrons. The minimum Gasteiger partial charge on any atom is -0.480 e. The van der Waals surface area contributed by atoms with Crippen LogP contribution < -0.4 is 0 Å². The van der Waals surface area contributed by atoms with Crippen molar-refractivity contribution in [2.45, 2.75) is 25.9 Å². The maximum absolute atomic E-state index is 10.9. The molecule has 1 unspecified atom stereocenters. The molecule has 0 fully saturated rings. The highest BCUT2D eigenvalue weighted by Gasteiger charge is 2.19. The Hall–Kier alpha value is -1.92. The first-order valence-corrected chi connectivity index (χ1v) is 6.34. The lowest BCUT2D eigenvalue weighted by Crippen LogP contribution is -2.35. The van der Waals surface area contributed by atoms with Gasteiger partial charge in [0.1, 0.15) is 6.04 Å². The molecule has 1 aromatic carbocycles. The monoisotopic (exact) mass is 311 g/mol. The minimum atomic E-state index is -0.878. The van der Waals surface area contributed by atoms with E-state index in [-0.39, 0.29) is 12.4 Å². The fourth-order valence-electron chi connectivity index (χ4n) is 1.74. The Morgan fingerprint density at radius 2 is 2.05 bits per heavy atom. The van der Waals surface area contributed by atoms with E-state index in [9.17, 15) is 4.79 Å². The number of hydrogen-bond acceptors (Lipinski definition) is 5. The van der Waals surface area contributed by atoms with Crippen molar-refractivity contribution in [3.8, 4) is 0 Å². The maximum atomic E-state index is 10.9. The molecule has 0 spiro atoms. The van der Waals surface area contributed by atoms with Gasteiger partial charge in [0.05, 0.1) is 6.54 Å². The van der Waals surface area contributed by atoms with Gasteiger partial charge < -0.3 is 9.63 Å². The van der Waals surface area contributed by atoms with E-state index in [1.54, 1.807) is 18.9 Å². The number of likely N-dealkylation sites (N-methyl/N-ethyl adjacent to an activating group) is 1. The Morgan fingerprint density at radius 3 is 2.67 bits per heavy atom. The average molecular weight is 312 g/mol. The molecule has 7 heteroatoms. The molecule has 2 rings (SSSR count). The van der Waals surface area contributed by atoms with Crippen molar-refractivity contribution >= 4 is 18.4 Å². The van der Waals surface area contributed by atoms with Crippen LogP contribution >= 0.6 is 12.4 Å². The van der Waals surface area contributed by atoms with Gasteiger partial charge in [0.2, 0.25) is 5.89 Å². The number of benzene rings is 1. The molecule has 1 N–H and O–H groups in total. The van der Waals surface area contributed by atoms with Gasteiger partial charge in [-0.05, 0) is 19.5 Å². The van der Waals surface area contributed by atoms with Crippen LogP contribution in [-0.2, 0) is 17.8 Å². The van der Waals surface area contributed by atoms with E-state index >= 15 is 0 Å². The highest BCUT2D eigenvalue weighted by Crippen LogP contribution is 2.09. The third-order valence-electron chi connectivity index (χ3n) is 3.12. The molecular formula is C14H18ClN3O3. The van der Waals surface area contributed by atoms with Crippen molar-refractivity contribution in [1.29, 1.82) is 0 Å². The number of aliphatic carboxylic acids is 1. The van der Waals surface area contributed by atoms with Crippen molar-refractivity contribution in [1.82, 2.24) is 15.0 Å². The molecular weight excluding hydrogens is 294 g/mol. The smallest absolute Gasteiger partial charge is 0.320 e. The third-order valence-corrected chi connectivity index (χ3v) is 3.12. The minimum absolute atomic E-state index is 0. The maximum Gasteiger partial charge on any atom is 0.320 e. The van der Waals surface area contributed by atoms with Crippen LogP contribution in [0, 0.1) is 0 Å². The summed E-state index contributed by atoms with van der Waals surface area (Å²) in [6, 6.07) is 9.26. The van der Waals surface area contributed by atoms with E-state index in [4.69, 9.17) is 9.63 Å². The molecule has 0 saturated carbocycles. The molecule has 0 amide bonds. The van der Waals surface area contributed by atoms with Crippen molar-refractivity contribution in [3.05, 3.63) is 47.6 Å². The van der Waals surface area contributed by atoms with Gasteiger partial charge in [-0.3, -0.25) is 9.69 Å². The summed E-state index contributed by atoms with van der Waals surface area (Å²) in [5.41, 5.74) is 1.10. The van der Waals surface area contributed by atoms with Crippen LogP contribution in [0.5, 0.6) is 0 Å². The molecule has 0 bridgehead atoms. The summed E-state index contributed by atoms with van der Waals surface area (Å²) < 4.78 is 5.14. The predicted octanol–water partition coefficient (Wildman–Crippen LogP) is 1.99. The third kappa shape index (κ3) is 4.84. The number of hydrogen-bond donors (Lipinski definition) is 1. The molecule has 1 aromatic heterocycles. The van der Waals surface area contributed by atoms with Gasteiger partial charge in [0.15, 0.2) is 5.82 Å². The molecule has 114 valence electrons. The zero-order valence-corrected chi connectivity index (χ0v) is 12.7. The second kappa shape index (κ2) is 7.75. The molecule has 0 aliphatic rings. The number of rotatable bonds is 6. The lowest BCUT2D eigenvalue weighted by molar-refractivity contribution is -0.142. The highest BCUT2D eigenvalue weighted by molar-refractivity contribution is 5.85. The van der Waals surface area contributed by atoms with Gasteiger partial charge in [0.25, 0.3) is 0 Å². The number of carbonyl (C=O) groups is 1. The van der Waals surface area contributed by atoms with Crippen LogP contribution in [0.1, 0.15) is 24.2 Å². The van der Waals surface area contributed by atoms with Crippen molar-refractivity contribution in [2.75, 3.05) is 7.05 Å². The molecule has 2 aromatic rings. The van der Waals surface area contributed by atoms with E-state index in [1.165, 1.54) is 0 Å². The van der Waals surface area contributed by atoms with Crippen molar-refractivity contribution < 1.29 is 14.4 Å². The Bertz CT molecular complexity index is 574. The summed E-state index contributed by atoms with van der Waals surface area (Å²) in [6.07, 6.45) is 0.600. The van der Waals surface area contributed by atoms with Crippen LogP contribution in [-0.4, -0.2) is 39.2 Å². The van der Waals surface area contributed by atoms with Crippen LogP contribution in [0.25, 0.3) is 0 Å². The van der Waals surface area contributed by atoms with Crippen LogP contribution in [0.3, 0.4) is 0 Å². The number of aromatic nitrogens is 2. The second-order valence-electron chi connectivity index (χ2n) is 4.70. The molecule has 0 aliphatic carbocycles. The van der Waals surface area contributed by atoms with Gasteiger partial charge in [-0.25, -0.2) is 0 Å². The zero-order chi connectivity index (χ0) is 14.5. The second-order valence-corrected chi connectivity index (χ2v) is 4.70. The molecule has 0 aliphatic heterocycles. The molecule has 21 heavy (non-hydrogen) atoms. The Balaban J connectivity index is 0.00000220. The normalized spacial score (nSPS) is 12.0. The molecule has 0 saturated heterocycles. The quantitative estimate of drug-likeness (QED) is 0.879. The van der Waals surface area contributed by atoms with Gasteiger partial charge in [0, 0.05) is 6.42 Å². The van der Waals surface area contributed by atoms with Crippen LogP contribution in [0.15, 0.2) is 34.9 Å². The van der Waals surface area contributed by atoms with Gasteiger partial charge >= 0.3 is 5.97 Å². The highest BCUT2D eigenvalue weighted by atomic mass is 35.5. The number of carboxylic acids is 1. The standard InChI is InChI=1S/C14H17N3O3.ClH/c1-10(14(18)19)17(2)9-13-15-12(16-20-13)8-11-6-4-3-5-7-11;/h3-7,10H,8-9H2,1-2H3,(H,18,19);1H. The van der Waals surface area contributed by atoms with Gasteiger partial charge in [-0.15, -0.1) is 12.4 Å². The average Bonchev–Trinajstić information content (AvgIpc) is 2.86. The zero-order valence-electron chi connectivity index (χ0n) is 11.9. The van der Waals surface area contributed by atoms with Gasteiger partial charge in [-0.2, -0.15) is 4.98 Å². The van der Waals surface area contributed by atoms with Crippen LogP contribution in [0.2, 0.25) is 0 Å². The number of halogens is 1. The molecule has 6 nitrogen and oxygen atoms in total. The first-order valence-electron chi connectivity index (χ1n) is 6.34. The van der Waals surface area contributed by atoms with E-state index in [0.717, 1.165) is 5.56 Å². The van der Waals surface area contributed by atoms with E-state index in [2.05, 4.69) is 10.1 Å². The fourth-order valence-corrected chi connectivity index (χ4v) is 1.74. The van der Waals surface area contributed by atoms with E-state index in [1.807, 2.05) is 30.3 Å². The molecule has 1 atom stereocenters. The predicted molar refractivity (Wildman–Crippen MR) is 79.4 cm³/mol. The lowest BCUT2D eigenvalue weighted by Gasteiger charge is -2.18. The lowest BCUT2D eigenvalue weighted by atomic mass is 10.1. The summed E-state index contributed by atoms with van der Waals surface area (Å²) in [5.74, 6) is 0.144. The number of nitrogens with zero attached hydrogens (tertiary/aromatic N) is 3.